The second-order valence-electron chi connectivity index (χ2n) is 7.27. The van der Waals surface area contributed by atoms with Gasteiger partial charge in [-0.2, -0.15) is 0 Å². The topological polar surface area (TPSA) is 92.1 Å². The summed E-state index contributed by atoms with van der Waals surface area (Å²) in [6.07, 6.45) is 0. The minimum absolute atomic E-state index is 0.373. The lowest BCUT2D eigenvalue weighted by atomic mass is 10.1. The molecule has 156 valence electrons. The molecule has 0 atom stereocenters. The zero-order valence-electron chi connectivity index (χ0n) is 17.3. The van der Waals surface area contributed by atoms with Crippen molar-refractivity contribution in [2.75, 3.05) is 5.32 Å². The molecule has 0 spiro atoms. The zero-order chi connectivity index (χ0) is 21.8. The summed E-state index contributed by atoms with van der Waals surface area (Å²) in [6, 6.07) is 22.9. The first-order valence-electron chi connectivity index (χ1n) is 9.92. The lowest BCUT2D eigenvalue weighted by molar-refractivity contribution is 0.0706. The van der Waals surface area contributed by atoms with Crippen LogP contribution in [0.1, 0.15) is 27.3 Å². The van der Waals surface area contributed by atoms with Crippen LogP contribution in [0.2, 0.25) is 0 Å². The Balaban J connectivity index is 1.64. The van der Waals surface area contributed by atoms with Gasteiger partial charge in [-0.05, 0) is 61.4 Å². The van der Waals surface area contributed by atoms with E-state index in [2.05, 4.69) is 31.3 Å². The van der Waals surface area contributed by atoms with Crippen LogP contribution in [-0.2, 0) is 6.54 Å². The molecule has 3 aromatic carbocycles. The highest BCUT2D eigenvalue weighted by molar-refractivity contribution is 5.93. The summed E-state index contributed by atoms with van der Waals surface area (Å²) >= 11 is 0. The molecular weight excluding hydrogens is 390 g/mol. The lowest BCUT2D eigenvalue weighted by Gasteiger charge is -2.10. The molecule has 0 fully saturated rings. The maximum absolute atomic E-state index is 11.5. The van der Waals surface area contributed by atoms with Gasteiger partial charge < -0.3 is 5.32 Å². The Morgan fingerprint density at radius 3 is 2.39 bits per heavy atom. The fourth-order valence-electron chi connectivity index (χ4n) is 3.22. The Morgan fingerprint density at radius 1 is 0.968 bits per heavy atom. The summed E-state index contributed by atoms with van der Waals surface area (Å²) in [4.78, 5) is 16.3. The highest BCUT2D eigenvalue weighted by Gasteiger charge is 2.14. The number of hydroxylamine groups is 1. The monoisotopic (exact) mass is 413 g/mol. The first-order valence-corrected chi connectivity index (χ1v) is 9.92. The molecule has 0 aliphatic carbocycles. The fraction of sp³-hybridized carbons (Fsp3) is 0.125. The van der Waals surface area contributed by atoms with Gasteiger partial charge in [0.05, 0.1) is 12.2 Å². The van der Waals surface area contributed by atoms with Crippen molar-refractivity contribution in [2.24, 2.45) is 0 Å². The van der Waals surface area contributed by atoms with E-state index in [4.69, 9.17) is 15.3 Å². The number of rotatable bonds is 6. The van der Waals surface area contributed by atoms with Crippen molar-refractivity contribution in [1.29, 1.82) is 0 Å². The van der Waals surface area contributed by atoms with E-state index < -0.39 is 5.91 Å². The summed E-state index contributed by atoms with van der Waals surface area (Å²) in [5.41, 5.74) is 7.13. The Bertz CT molecular complexity index is 1200. The van der Waals surface area contributed by atoms with Crippen molar-refractivity contribution < 1.29 is 10.0 Å². The second-order valence-corrected chi connectivity index (χ2v) is 7.27. The van der Waals surface area contributed by atoms with Gasteiger partial charge in [-0.1, -0.05) is 36.4 Å². The maximum Gasteiger partial charge on any atom is 0.274 e. The van der Waals surface area contributed by atoms with Gasteiger partial charge in [0, 0.05) is 16.8 Å². The third-order valence-electron chi connectivity index (χ3n) is 5.14. The summed E-state index contributed by atoms with van der Waals surface area (Å²) in [5, 5.41) is 16.8. The quantitative estimate of drug-likeness (QED) is 0.324. The third-order valence-corrected chi connectivity index (χ3v) is 5.14. The van der Waals surface area contributed by atoms with E-state index in [-0.39, 0.29) is 0 Å². The molecule has 0 saturated carbocycles. The smallest absolute Gasteiger partial charge is 0.274 e. The zero-order valence-corrected chi connectivity index (χ0v) is 17.3. The van der Waals surface area contributed by atoms with Crippen molar-refractivity contribution in [3.8, 4) is 17.1 Å². The number of hydrogen-bond donors (Lipinski definition) is 3. The predicted octanol–water partition coefficient (Wildman–Crippen LogP) is 4.28. The van der Waals surface area contributed by atoms with E-state index in [9.17, 15) is 4.79 Å². The lowest BCUT2D eigenvalue weighted by Crippen LogP contribution is -2.18. The Hall–Kier alpha value is -3.97. The first kappa shape index (κ1) is 20.3. The highest BCUT2D eigenvalue weighted by atomic mass is 16.5. The molecule has 0 bridgehead atoms. The van der Waals surface area contributed by atoms with Gasteiger partial charge in [0.2, 0.25) is 0 Å². The van der Waals surface area contributed by atoms with Crippen LogP contribution in [0.5, 0.6) is 0 Å². The van der Waals surface area contributed by atoms with Crippen LogP contribution in [0.4, 0.5) is 5.69 Å². The molecular formula is C24H23N5O2. The van der Waals surface area contributed by atoms with Crippen LogP contribution in [-0.4, -0.2) is 25.9 Å². The van der Waals surface area contributed by atoms with Gasteiger partial charge in [0.15, 0.2) is 11.6 Å². The number of hydrogen-bond acceptors (Lipinski definition) is 5. The molecule has 0 unspecified atom stereocenters. The predicted molar refractivity (Wildman–Crippen MR) is 119 cm³/mol. The molecule has 4 rings (SSSR count). The van der Waals surface area contributed by atoms with Gasteiger partial charge in [-0.15, -0.1) is 5.10 Å². The van der Waals surface area contributed by atoms with Crippen LogP contribution in [0, 0.1) is 13.8 Å². The van der Waals surface area contributed by atoms with E-state index in [1.54, 1.807) is 29.7 Å². The van der Waals surface area contributed by atoms with Gasteiger partial charge >= 0.3 is 0 Å². The molecule has 0 aliphatic heterocycles. The summed E-state index contributed by atoms with van der Waals surface area (Å²) < 4.78 is 1.86. The number of aromatic nitrogens is 3. The molecule has 4 aromatic rings. The minimum Gasteiger partial charge on any atom is -0.378 e. The van der Waals surface area contributed by atoms with E-state index in [1.165, 1.54) is 11.1 Å². The molecule has 1 heterocycles. The number of nitrogens with one attached hydrogen (secondary N) is 2. The normalized spacial score (nSPS) is 10.7. The van der Waals surface area contributed by atoms with Crippen molar-refractivity contribution in [3.05, 3.63) is 95.3 Å². The van der Waals surface area contributed by atoms with E-state index in [0.717, 1.165) is 22.8 Å². The molecule has 1 amide bonds. The number of aryl methyl sites for hydroxylation is 2. The minimum atomic E-state index is -0.548. The third kappa shape index (κ3) is 4.46. The first-order chi connectivity index (χ1) is 15.0. The molecule has 1 aromatic heterocycles. The van der Waals surface area contributed by atoms with E-state index in [1.807, 2.05) is 41.1 Å². The highest BCUT2D eigenvalue weighted by Crippen LogP contribution is 2.21. The summed E-state index contributed by atoms with van der Waals surface area (Å²) in [5.74, 6) is 0.874. The average molecular weight is 413 g/mol. The summed E-state index contributed by atoms with van der Waals surface area (Å²) in [7, 11) is 0. The molecule has 0 aliphatic rings. The molecule has 7 nitrogen and oxygen atoms in total. The SMILES string of the molecule is Cc1ccc(-n2nc(-c3ccccc3)nc2CNc2ccc(C(=O)NO)cc2)cc1C. The van der Waals surface area contributed by atoms with Crippen LogP contribution in [0.25, 0.3) is 17.1 Å². The Kier molecular flexibility index (Phi) is 5.77. The van der Waals surface area contributed by atoms with Crippen LogP contribution in [0.15, 0.2) is 72.8 Å². The number of benzene rings is 3. The number of carbonyl (C=O) groups is 1. The number of nitrogens with zero attached hydrogens (tertiary/aromatic N) is 3. The average Bonchev–Trinajstić information content (AvgIpc) is 3.24. The molecule has 0 radical (unpaired) electrons. The summed E-state index contributed by atoms with van der Waals surface area (Å²) in [6.45, 7) is 4.60. The largest absolute Gasteiger partial charge is 0.378 e. The molecule has 3 N–H and O–H groups in total. The molecule has 0 saturated heterocycles. The van der Waals surface area contributed by atoms with Gasteiger partial charge in [0.25, 0.3) is 5.91 Å². The van der Waals surface area contributed by atoms with Crippen LogP contribution >= 0.6 is 0 Å². The molecule has 31 heavy (non-hydrogen) atoms. The van der Waals surface area contributed by atoms with Crippen LogP contribution < -0.4 is 10.8 Å². The van der Waals surface area contributed by atoms with Crippen LogP contribution in [0.3, 0.4) is 0 Å². The number of anilines is 1. The fourth-order valence-corrected chi connectivity index (χ4v) is 3.22. The number of amides is 1. The van der Waals surface area contributed by atoms with Crippen molar-refractivity contribution >= 4 is 11.6 Å². The van der Waals surface area contributed by atoms with Gasteiger partial charge in [0.1, 0.15) is 0 Å². The van der Waals surface area contributed by atoms with Crippen molar-refractivity contribution in [1.82, 2.24) is 20.2 Å². The van der Waals surface area contributed by atoms with Crippen molar-refractivity contribution in [2.45, 2.75) is 20.4 Å². The van der Waals surface area contributed by atoms with Crippen molar-refractivity contribution in [3.63, 3.8) is 0 Å². The molecule has 7 heteroatoms. The Labute approximate surface area is 180 Å². The Morgan fingerprint density at radius 2 is 1.71 bits per heavy atom. The van der Waals surface area contributed by atoms with E-state index in [0.29, 0.717) is 17.9 Å². The van der Waals surface area contributed by atoms with Gasteiger partial charge in [-0.3, -0.25) is 10.0 Å². The standard InChI is InChI=1S/C24H23N5O2/c1-16-8-13-21(14-17(16)2)29-22(26-23(27-29)18-6-4-3-5-7-18)15-25-20-11-9-19(10-12-20)24(30)28-31/h3-14,25,31H,15H2,1-2H3,(H,28,30). The second kappa shape index (κ2) is 8.81. The van der Waals surface area contributed by atoms with Gasteiger partial charge in [-0.25, -0.2) is 15.1 Å². The van der Waals surface area contributed by atoms with E-state index >= 15 is 0 Å². The maximum atomic E-state index is 11.5. The number of carbonyl (C=O) groups excluding carboxylic acids is 1.